The fourth-order valence-corrected chi connectivity index (χ4v) is 5.30. The Kier molecular flexibility index (Phi) is 7.53. The first kappa shape index (κ1) is 24.7. The monoisotopic (exact) mass is 495 g/mol. The number of phenols is 1. The molecule has 0 aliphatic carbocycles. The predicted octanol–water partition coefficient (Wildman–Crippen LogP) is 3.41. The molecule has 1 fully saturated rings. The lowest BCUT2D eigenvalue weighted by atomic mass is 10.0. The minimum Gasteiger partial charge on any atom is -0.504 e. The number of fused-ring (bicyclic) bond motifs is 2. The van der Waals surface area contributed by atoms with Crippen molar-refractivity contribution in [1.82, 2.24) is 9.80 Å². The molecule has 2 aromatic rings. The van der Waals surface area contributed by atoms with Gasteiger partial charge < -0.3 is 29.5 Å². The lowest BCUT2D eigenvalue weighted by Gasteiger charge is -2.36. The molecule has 0 radical (unpaired) electrons. The number of nitrogens with one attached hydrogen (secondary N) is 1. The summed E-state index contributed by atoms with van der Waals surface area (Å²) in [5.41, 5.74) is 4.76. The zero-order chi connectivity index (χ0) is 25.1. The third-order valence-corrected chi connectivity index (χ3v) is 6.94. The van der Waals surface area contributed by atoms with Crippen LogP contribution >= 0.6 is 0 Å². The van der Waals surface area contributed by atoms with Crippen molar-refractivity contribution in [2.45, 2.75) is 45.9 Å². The van der Waals surface area contributed by atoms with E-state index in [9.17, 15) is 9.90 Å². The van der Waals surface area contributed by atoms with Gasteiger partial charge in [-0.05, 0) is 47.2 Å². The molecule has 0 saturated carbocycles. The molecule has 3 aliphatic heterocycles. The van der Waals surface area contributed by atoms with E-state index in [0.717, 1.165) is 38.0 Å². The van der Waals surface area contributed by atoms with Gasteiger partial charge in [-0.1, -0.05) is 26.0 Å². The number of nitrogens with zero attached hydrogens (tertiary/aromatic N) is 2. The van der Waals surface area contributed by atoms with E-state index >= 15 is 0 Å². The van der Waals surface area contributed by atoms with Gasteiger partial charge in [-0.2, -0.15) is 0 Å². The van der Waals surface area contributed by atoms with Crippen molar-refractivity contribution in [3.05, 3.63) is 47.0 Å². The number of ether oxygens (including phenoxy) is 3. The maximum Gasteiger partial charge on any atom is 0.253 e. The summed E-state index contributed by atoms with van der Waals surface area (Å²) < 4.78 is 17.4. The summed E-state index contributed by atoms with van der Waals surface area (Å²) >= 11 is 0. The topological polar surface area (TPSA) is 83.5 Å². The SMILES string of the molecule is CC(C)CN(Cc1cc(O)c2c(c1)OCCCO2)C(=O)C1CN(Cc2cccc3c2CCN3)CCO1. The van der Waals surface area contributed by atoms with Gasteiger partial charge in [0.15, 0.2) is 11.5 Å². The van der Waals surface area contributed by atoms with Gasteiger partial charge in [0.2, 0.25) is 5.75 Å². The zero-order valence-corrected chi connectivity index (χ0v) is 21.3. The third-order valence-electron chi connectivity index (χ3n) is 6.94. The molecule has 5 rings (SSSR count). The molecule has 194 valence electrons. The Hall–Kier alpha value is -2.97. The molecule has 8 heteroatoms. The molecule has 1 saturated heterocycles. The first-order valence-corrected chi connectivity index (χ1v) is 13.1. The van der Waals surface area contributed by atoms with Crippen molar-refractivity contribution in [3.63, 3.8) is 0 Å². The van der Waals surface area contributed by atoms with E-state index < -0.39 is 6.10 Å². The number of hydrogen-bond donors (Lipinski definition) is 2. The van der Waals surface area contributed by atoms with Gasteiger partial charge in [0, 0.05) is 51.4 Å². The fraction of sp³-hybridized carbons (Fsp3) is 0.536. The van der Waals surface area contributed by atoms with Crippen LogP contribution in [0, 0.1) is 5.92 Å². The van der Waals surface area contributed by atoms with E-state index in [1.807, 2.05) is 11.0 Å². The summed E-state index contributed by atoms with van der Waals surface area (Å²) in [6.45, 7) is 9.93. The molecule has 1 atom stereocenters. The largest absolute Gasteiger partial charge is 0.504 e. The predicted molar refractivity (Wildman–Crippen MR) is 138 cm³/mol. The highest BCUT2D eigenvalue weighted by Gasteiger charge is 2.31. The normalized spacial score (nSPS) is 19.5. The molecule has 0 bridgehead atoms. The highest BCUT2D eigenvalue weighted by molar-refractivity contribution is 5.81. The second-order valence-corrected chi connectivity index (χ2v) is 10.3. The van der Waals surface area contributed by atoms with Crippen LogP contribution in [0.4, 0.5) is 5.69 Å². The first-order chi connectivity index (χ1) is 17.5. The van der Waals surface area contributed by atoms with Crippen LogP contribution in [0.3, 0.4) is 0 Å². The van der Waals surface area contributed by atoms with E-state index in [0.29, 0.717) is 56.9 Å². The summed E-state index contributed by atoms with van der Waals surface area (Å²) in [6.07, 6.45) is 1.29. The van der Waals surface area contributed by atoms with Crippen LogP contribution in [0.5, 0.6) is 17.2 Å². The standard InChI is InChI=1S/C28H37N3O5/c1-19(2)15-31(16-20-13-24(32)27-25(14-20)34-10-4-11-36-27)28(33)26-18-30(9-12-35-26)17-21-5-3-6-23-22(21)7-8-29-23/h3,5-6,13-14,19,26,29,32H,4,7-12,15-18H2,1-2H3. The summed E-state index contributed by atoms with van der Waals surface area (Å²) in [6, 6.07) is 9.98. The molecule has 2 N–H and O–H groups in total. The molecule has 36 heavy (non-hydrogen) atoms. The molecule has 0 aromatic heterocycles. The summed E-state index contributed by atoms with van der Waals surface area (Å²) in [5.74, 6) is 1.24. The van der Waals surface area contributed by atoms with Gasteiger partial charge in [0.1, 0.15) is 6.10 Å². The average molecular weight is 496 g/mol. The number of rotatable bonds is 7. The highest BCUT2D eigenvalue weighted by atomic mass is 16.5. The van der Waals surface area contributed by atoms with Crippen molar-refractivity contribution in [3.8, 4) is 17.2 Å². The Morgan fingerprint density at radius 3 is 2.94 bits per heavy atom. The molecular weight excluding hydrogens is 458 g/mol. The van der Waals surface area contributed by atoms with Crippen LogP contribution in [0.15, 0.2) is 30.3 Å². The number of morpholine rings is 1. The zero-order valence-electron chi connectivity index (χ0n) is 21.3. The lowest BCUT2D eigenvalue weighted by molar-refractivity contribution is -0.151. The summed E-state index contributed by atoms with van der Waals surface area (Å²) in [4.78, 5) is 17.9. The molecule has 2 aromatic carbocycles. The number of carbonyl (C=O) groups excluding carboxylic acids is 1. The number of aromatic hydroxyl groups is 1. The summed E-state index contributed by atoms with van der Waals surface area (Å²) in [7, 11) is 0. The minimum atomic E-state index is -0.513. The van der Waals surface area contributed by atoms with Crippen LogP contribution in [0.25, 0.3) is 0 Å². The fourth-order valence-electron chi connectivity index (χ4n) is 5.30. The maximum atomic E-state index is 13.7. The number of hydrogen-bond acceptors (Lipinski definition) is 7. The quantitative estimate of drug-likeness (QED) is 0.609. The Balaban J connectivity index is 1.29. The number of carbonyl (C=O) groups is 1. The van der Waals surface area contributed by atoms with Crippen molar-refractivity contribution in [2.75, 3.05) is 51.3 Å². The Bertz CT molecular complexity index is 1090. The molecule has 8 nitrogen and oxygen atoms in total. The Morgan fingerprint density at radius 2 is 2.08 bits per heavy atom. The van der Waals surface area contributed by atoms with Crippen molar-refractivity contribution in [2.24, 2.45) is 5.92 Å². The molecular formula is C28H37N3O5. The molecule has 3 aliphatic rings. The van der Waals surface area contributed by atoms with Crippen LogP contribution in [0.2, 0.25) is 0 Å². The van der Waals surface area contributed by atoms with Gasteiger partial charge in [-0.15, -0.1) is 0 Å². The molecule has 3 heterocycles. The third kappa shape index (κ3) is 5.55. The van der Waals surface area contributed by atoms with Gasteiger partial charge in [-0.3, -0.25) is 9.69 Å². The van der Waals surface area contributed by atoms with Crippen molar-refractivity contribution < 1.29 is 24.1 Å². The van der Waals surface area contributed by atoms with E-state index in [1.54, 1.807) is 6.07 Å². The van der Waals surface area contributed by atoms with E-state index in [1.165, 1.54) is 16.8 Å². The molecule has 0 spiro atoms. The summed E-state index contributed by atoms with van der Waals surface area (Å²) in [5, 5.41) is 14.0. The second-order valence-electron chi connectivity index (χ2n) is 10.3. The van der Waals surface area contributed by atoms with Crippen molar-refractivity contribution in [1.29, 1.82) is 0 Å². The van der Waals surface area contributed by atoms with Gasteiger partial charge in [-0.25, -0.2) is 0 Å². The van der Waals surface area contributed by atoms with Crippen LogP contribution in [0.1, 0.15) is 37.0 Å². The second kappa shape index (κ2) is 11.0. The van der Waals surface area contributed by atoms with Gasteiger partial charge >= 0.3 is 0 Å². The van der Waals surface area contributed by atoms with E-state index in [-0.39, 0.29) is 11.7 Å². The Morgan fingerprint density at radius 1 is 1.22 bits per heavy atom. The van der Waals surface area contributed by atoms with E-state index in [2.05, 4.69) is 42.3 Å². The smallest absolute Gasteiger partial charge is 0.253 e. The molecule has 1 unspecified atom stereocenters. The Labute approximate surface area is 213 Å². The highest BCUT2D eigenvalue weighted by Crippen LogP contribution is 2.39. The molecule has 1 amide bonds. The van der Waals surface area contributed by atoms with Crippen molar-refractivity contribution >= 4 is 11.6 Å². The number of amides is 1. The average Bonchev–Trinajstić information content (AvgIpc) is 3.22. The van der Waals surface area contributed by atoms with E-state index in [4.69, 9.17) is 14.2 Å². The maximum absolute atomic E-state index is 13.7. The lowest BCUT2D eigenvalue weighted by Crippen LogP contribution is -2.51. The number of benzene rings is 2. The number of anilines is 1. The van der Waals surface area contributed by atoms with Gasteiger partial charge in [0.05, 0.1) is 19.8 Å². The first-order valence-electron chi connectivity index (χ1n) is 13.1. The van der Waals surface area contributed by atoms with Crippen LogP contribution < -0.4 is 14.8 Å². The number of phenolic OH excluding ortho intramolecular Hbond substituents is 1. The van der Waals surface area contributed by atoms with Crippen LogP contribution in [-0.4, -0.2) is 72.9 Å². The minimum absolute atomic E-state index is 0.0139. The van der Waals surface area contributed by atoms with Gasteiger partial charge in [0.25, 0.3) is 5.91 Å². The van der Waals surface area contributed by atoms with Crippen LogP contribution in [-0.2, 0) is 29.0 Å².